The molecule has 0 spiro atoms. The van der Waals surface area contributed by atoms with Gasteiger partial charge in [0.2, 0.25) is 0 Å². The number of likely N-dealkylation sites (tertiary alicyclic amines) is 1. The lowest BCUT2D eigenvalue weighted by molar-refractivity contribution is -0.144. The standard InChI is InChI=1S/C15H28N2O2/c1-4-7-16-15(14(18)19)6-5-13(9-15)17-10-11(2)8-12(17)3/h11-13,16H,4-10H2,1-3H3,(H,18,19). The smallest absolute Gasteiger partial charge is 0.323 e. The average molecular weight is 268 g/mol. The lowest BCUT2D eigenvalue weighted by atomic mass is 9.97. The van der Waals surface area contributed by atoms with Gasteiger partial charge < -0.3 is 10.4 Å². The Balaban J connectivity index is 2.02. The van der Waals surface area contributed by atoms with Crippen LogP contribution in [0.4, 0.5) is 0 Å². The SMILES string of the molecule is CCCNC1(C(=O)O)CCC(N2CC(C)CC2C)C1. The molecule has 110 valence electrons. The van der Waals surface area contributed by atoms with Crippen molar-refractivity contribution in [1.29, 1.82) is 0 Å². The van der Waals surface area contributed by atoms with E-state index in [0.717, 1.165) is 44.7 Å². The molecule has 1 saturated heterocycles. The predicted octanol–water partition coefficient (Wildman–Crippen LogP) is 2.09. The van der Waals surface area contributed by atoms with Crippen molar-refractivity contribution in [2.75, 3.05) is 13.1 Å². The van der Waals surface area contributed by atoms with E-state index in [2.05, 4.69) is 31.0 Å². The predicted molar refractivity (Wildman–Crippen MR) is 76.2 cm³/mol. The quantitative estimate of drug-likeness (QED) is 0.801. The highest BCUT2D eigenvalue weighted by Gasteiger charge is 2.48. The molecule has 0 amide bonds. The zero-order valence-corrected chi connectivity index (χ0v) is 12.5. The van der Waals surface area contributed by atoms with Gasteiger partial charge in [0.1, 0.15) is 5.54 Å². The van der Waals surface area contributed by atoms with Crippen molar-refractivity contribution in [3.8, 4) is 0 Å². The Kier molecular flexibility index (Phi) is 4.51. The highest BCUT2D eigenvalue weighted by molar-refractivity contribution is 5.79. The van der Waals surface area contributed by atoms with Crippen molar-refractivity contribution in [3.05, 3.63) is 0 Å². The summed E-state index contributed by atoms with van der Waals surface area (Å²) < 4.78 is 0. The van der Waals surface area contributed by atoms with Crippen molar-refractivity contribution < 1.29 is 9.90 Å². The Morgan fingerprint density at radius 3 is 2.74 bits per heavy atom. The first-order chi connectivity index (χ1) is 8.98. The summed E-state index contributed by atoms with van der Waals surface area (Å²) in [7, 11) is 0. The molecule has 2 fully saturated rings. The van der Waals surface area contributed by atoms with E-state index in [-0.39, 0.29) is 0 Å². The van der Waals surface area contributed by atoms with Gasteiger partial charge in [0.15, 0.2) is 0 Å². The first kappa shape index (κ1) is 14.8. The van der Waals surface area contributed by atoms with Gasteiger partial charge in [-0.3, -0.25) is 9.69 Å². The van der Waals surface area contributed by atoms with Gasteiger partial charge in [0.25, 0.3) is 0 Å². The summed E-state index contributed by atoms with van der Waals surface area (Å²) in [5, 5.41) is 12.9. The summed E-state index contributed by atoms with van der Waals surface area (Å²) in [5.41, 5.74) is -0.674. The lowest BCUT2D eigenvalue weighted by Gasteiger charge is -2.31. The highest BCUT2D eigenvalue weighted by Crippen LogP contribution is 2.37. The normalized spacial score (nSPS) is 39.8. The third kappa shape index (κ3) is 2.95. The van der Waals surface area contributed by atoms with Crippen LogP contribution in [0.25, 0.3) is 0 Å². The van der Waals surface area contributed by atoms with E-state index < -0.39 is 11.5 Å². The van der Waals surface area contributed by atoms with Crippen molar-refractivity contribution >= 4 is 5.97 Å². The average Bonchev–Trinajstić information content (AvgIpc) is 2.91. The Labute approximate surface area is 116 Å². The number of hydrogen-bond acceptors (Lipinski definition) is 3. The number of carbonyl (C=O) groups is 1. The summed E-state index contributed by atoms with van der Waals surface area (Å²) in [6, 6.07) is 1.05. The molecule has 0 aromatic carbocycles. The van der Waals surface area contributed by atoms with Crippen LogP contribution >= 0.6 is 0 Å². The second-order valence-electron chi connectivity index (χ2n) is 6.60. The molecule has 2 rings (SSSR count). The van der Waals surface area contributed by atoms with Crippen LogP contribution in [-0.2, 0) is 4.79 Å². The van der Waals surface area contributed by atoms with Crippen LogP contribution in [0.2, 0.25) is 0 Å². The molecule has 1 saturated carbocycles. The highest BCUT2D eigenvalue weighted by atomic mass is 16.4. The van der Waals surface area contributed by atoms with Crippen LogP contribution in [0.5, 0.6) is 0 Å². The van der Waals surface area contributed by atoms with Crippen LogP contribution in [0, 0.1) is 5.92 Å². The van der Waals surface area contributed by atoms with E-state index in [4.69, 9.17) is 0 Å². The molecule has 4 heteroatoms. The fraction of sp³-hybridized carbons (Fsp3) is 0.933. The molecule has 4 atom stereocenters. The van der Waals surface area contributed by atoms with E-state index in [1.54, 1.807) is 0 Å². The number of carboxylic acids is 1. The summed E-state index contributed by atoms with van der Waals surface area (Å²) in [6.07, 6.45) is 4.78. The van der Waals surface area contributed by atoms with Crippen LogP contribution in [-0.4, -0.2) is 46.7 Å². The third-order valence-electron chi connectivity index (χ3n) is 4.91. The molecular weight excluding hydrogens is 240 g/mol. The monoisotopic (exact) mass is 268 g/mol. The summed E-state index contributed by atoms with van der Waals surface area (Å²) >= 11 is 0. The van der Waals surface area contributed by atoms with E-state index in [1.165, 1.54) is 6.42 Å². The topological polar surface area (TPSA) is 52.6 Å². The molecule has 1 heterocycles. The van der Waals surface area contributed by atoms with Crippen molar-refractivity contribution in [1.82, 2.24) is 10.2 Å². The second kappa shape index (κ2) is 5.80. The zero-order chi connectivity index (χ0) is 14.0. The van der Waals surface area contributed by atoms with Gasteiger partial charge in [0.05, 0.1) is 0 Å². The molecule has 0 aromatic rings. The molecule has 4 nitrogen and oxygen atoms in total. The Hall–Kier alpha value is -0.610. The molecule has 0 radical (unpaired) electrons. The fourth-order valence-electron chi connectivity index (χ4n) is 3.94. The number of aliphatic carboxylic acids is 1. The van der Waals surface area contributed by atoms with Gasteiger partial charge in [-0.1, -0.05) is 13.8 Å². The molecule has 2 N–H and O–H groups in total. The molecular formula is C15H28N2O2. The van der Waals surface area contributed by atoms with Crippen molar-refractivity contribution in [3.63, 3.8) is 0 Å². The van der Waals surface area contributed by atoms with Crippen LogP contribution < -0.4 is 5.32 Å². The van der Waals surface area contributed by atoms with Gasteiger partial charge in [-0.05, 0) is 51.5 Å². The largest absolute Gasteiger partial charge is 0.480 e. The lowest BCUT2D eigenvalue weighted by Crippen LogP contribution is -2.51. The van der Waals surface area contributed by atoms with Gasteiger partial charge >= 0.3 is 5.97 Å². The van der Waals surface area contributed by atoms with Crippen LogP contribution in [0.1, 0.15) is 52.9 Å². The molecule has 2 aliphatic rings. The van der Waals surface area contributed by atoms with E-state index >= 15 is 0 Å². The van der Waals surface area contributed by atoms with E-state index in [0.29, 0.717) is 12.1 Å². The molecule has 0 bridgehead atoms. The van der Waals surface area contributed by atoms with E-state index in [9.17, 15) is 9.90 Å². The number of carboxylic acid groups (broad SMARTS) is 1. The zero-order valence-electron chi connectivity index (χ0n) is 12.5. The number of rotatable bonds is 5. The maximum absolute atomic E-state index is 11.7. The number of nitrogens with zero attached hydrogens (tertiary/aromatic N) is 1. The molecule has 1 aliphatic carbocycles. The fourth-order valence-corrected chi connectivity index (χ4v) is 3.94. The summed E-state index contributed by atoms with van der Waals surface area (Å²) in [4.78, 5) is 14.2. The van der Waals surface area contributed by atoms with Crippen LogP contribution in [0.3, 0.4) is 0 Å². The first-order valence-electron chi connectivity index (χ1n) is 7.72. The minimum absolute atomic E-state index is 0.445. The maximum Gasteiger partial charge on any atom is 0.323 e. The summed E-state index contributed by atoms with van der Waals surface area (Å²) in [6.45, 7) is 8.59. The van der Waals surface area contributed by atoms with Crippen molar-refractivity contribution in [2.24, 2.45) is 5.92 Å². The summed E-state index contributed by atoms with van der Waals surface area (Å²) in [5.74, 6) is 0.0850. The molecule has 1 aliphatic heterocycles. The van der Waals surface area contributed by atoms with Gasteiger partial charge in [0, 0.05) is 18.6 Å². The van der Waals surface area contributed by atoms with Crippen molar-refractivity contribution in [2.45, 2.75) is 70.5 Å². The minimum atomic E-state index is -0.674. The van der Waals surface area contributed by atoms with E-state index in [1.807, 2.05) is 0 Å². The van der Waals surface area contributed by atoms with Gasteiger partial charge in [-0.2, -0.15) is 0 Å². The first-order valence-corrected chi connectivity index (χ1v) is 7.72. The molecule has 4 unspecified atom stereocenters. The van der Waals surface area contributed by atoms with Crippen LogP contribution in [0.15, 0.2) is 0 Å². The Bertz CT molecular complexity index is 334. The van der Waals surface area contributed by atoms with Gasteiger partial charge in [-0.25, -0.2) is 0 Å². The second-order valence-corrected chi connectivity index (χ2v) is 6.60. The minimum Gasteiger partial charge on any atom is -0.480 e. The Morgan fingerprint density at radius 1 is 1.47 bits per heavy atom. The number of hydrogen-bond donors (Lipinski definition) is 2. The molecule has 0 aromatic heterocycles. The molecule has 19 heavy (non-hydrogen) atoms. The van der Waals surface area contributed by atoms with Gasteiger partial charge in [-0.15, -0.1) is 0 Å². The number of nitrogens with one attached hydrogen (secondary N) is 1. The Morgan fingerprint density at radius 2 is 2.21 bits per heavy atom. The third-order valence-corrected chi connectivity index (χ3v) is 4.91. The maximum atomic E-state index is 11.7.